The molecule has 1 aromatic rings. The van der Waals surface area contributed by atoms with Gasteiger partial charge in [0, 0.05) is 33.7 Å². The van der Waals surface area contributed by atoms with E-state index in [9.17, 15) is 4.79 Å². The van der Waals surface area contributed by atoms with Crippen molar-refractivity contribution >= 4 is 35.8 Å². The molecular formula is C19H33IN4O2. The normalized spacial score (nSPS) is 12.0. The number of rotatable bonds is 8. The van der Waals surface area contributed by atoms with E-state index in [1.807, 2.05) is 43.1 Å². The Morgan fingerprint density at radius 1 is 1.19 bits per heavy atom. The van der Waals surface area contributed by atoms with Crippen LogP contribution in [0.15, 0.2) is 29.3 Å². The molecule has 1 atom stereocenters. The van der Waals surface area contributed by atoms with Gasteiger partial charge in [-0.2, -0.15) is 0 Å². The number of carbonyl (C=O) groups excluding carboxylic acids is 1. The van der Waals surface area contributed by atoms with Crippen molar-refractivity contribution in [3.63, 3.8) is 0 Å². The molecule has 1 N–H and O–H groups in total. The predicted molar refractivity (Wildman–Crippen MR) is 118 cm³/mol. The number of ether oxygens (including phenoxy) is 1. The zero-order valence-electron chi connectivity index (χ0n) is 16.8. The van der Waals surface area contributed by atoms with Crippen LogP contribution in [-0.4, -0.2) is 62.0 Å². The molecule has 1 unspecified atom stereocenters. The fraction of sp³-hybridized carbons (Fsp3) is 0.579. The van der Waals surface area contributed by atoms with E-state index in [1.54, 1.807) is 19.0 Å². The van der Waals surface area contributed by atoms with Gasteiger partial charge in [0.2, 0.25) is 5.91 Å². The fourth-order valence-electron chi connectivity index (χ4n) is 2.09. The van der Waals surface area contributed by atoms with E-state index in [2.05, 4.69) is 24.2 Å². The number of likely N-dealkylation sites (N-methyl/N-ethyl adjacent to an activating group) is 1. The van der Waals surface area contributed by atoms with Gasteiger partial charge >= 0.3 is 0 Å². The van der Waals surface area contributed by atoms with Crippen molar-refractivity contribution in [3.05, 3.63) is 29.8 Å². The van der Waals surface area contributed by atoms with Crippen LogP contribution >= 0.6 is 24.0 Å². The third kappa shape index (κ3) is 8.73. The van der Waals surface area contributed by atoms with Crippen LogP contribution in [0.1, 0.15) is 32.8 Å². The molecule has 0 fully saturated rings. The molecule has 0 saturated carbocycles. The number of guanidine groups is 1. The first-order chi connectivity index (χ1) is 11.9. The summed E-state index contributed by atoms with van der Waals surface area (Å²) >= 11 is 0. The maximum absolute atomic E-state index is 11.8. The zero-order chi connectivity index (χ0) is 18.8. The van der Waals surface area contributed by atoms with Crippen LogP contribution in [0.4, 0.5) is 0 Å². The highest BCUT2D eigenvalue weighted by Gasteiger charge is 2.12. The third-order valence-electron chi connectivity index (χ3n) is 3.87. The van der Waals surface area contributed by atoms with Crippen LogP contribution in [0.25, 0.3) is 0 Å². The number of benzene rings is 1. The lowest BCUT2D eigenvalue weighted by molar-refractivity contribution is -0.127. The molecule has 0 bridgehead atoms. The summed E-state index contributed by atoms with van der Waals surface area (Å²) in [4.78, 5) is 19.9. The lowest BCUT2D eigenvalue weighted by Gasteiger charge is -2.25. The van der Waals surface area contributed by atoms with E-state index >= 15 is 0 Å². The van der Waals surface area contributed by atoms with Gasteiger partial charge in [0.15, 0.2) is 5.96 Å². The van der Waals surface area contributed by atoms with Gasteiger partial charge in [-0.3, -0.25) is 4.79 Å². The van der Waals surface area contributed by atoms with E-state index in [0.717, 1.165) is 23.7 Å². The lowest BCUT2D eigenvalue weighted by atomic mass is 10.2. The second-order valence-corrected chi connectivity index (χ2v) is 6.31. The van der Waals surface area contributed by atoms with Gasteiger partial charge in [-0.05, 0) is 38.0 Å². The zero-order valence-corrected chi connectivity index (χ0v) is 19.1. The van der Waals surface area contributed by atoms with Crippen LogP contribution in [0.3, 0.4) is 0 Å². The lowest BCUT2D eigenvalue weighted by Crippen LogP contribution is -2.43. The first kappa shape index (κ1) is 24.5. The summed E-state index contributed by atoms with van der Waals surface area (Å²) < 4.78 is 5.48. The minimum Gasteiger partial charge on any atom is -0.494 e. The van der Waals surface area contributed by atoms with Gasteiger partial charge in [0.25, 0.3) is 0 Å². The molecule has 0 radical (unpaired) electrons. The number of aliphatic imine (C=N–C) groups is 1. The predicted octanol–water partition coefficient (Wildman–Crippen LogP) is 2.97. The highest BCUT2D eigenvalue weighted by Crippen LogP contribution is 2.13. The molecule has 6 nitrogen and oxygen atoms in total. The Hall–Kier alpha value is -1.51. The Morgan fingerprint density at radius 2 is 1.81 bits per heavy atom. The first-order valence-corrected chi connectivity index (χ1v) is 8.81. The summed E-state index contributed by atoms with van der Waals surface area (Å²) in [6, 6.07) is 8.33. The molecule has 1 amide bonds. The summed E-state index contributed by atoms with van der Waals surface area (Å²) in [7, 11) is 5.46. The van der Waals surface area contributed by atoms with Gasteiger partial charge in [-0.1, -0.05) is 19.1 Å². The molecular weight excluding hydrogens is 443 g/mol. The van der Waals surface area contributed by atoms with Crippen molar-refractivity contribution in [2.24, 2.45) is 4.99 Å². The molecule has 0 aromatic heterocycles. The smallest absolute Gasteiger partial charge is 0.243 e. The number of hydrogen-bond acceptors (Lipinski definition) is 3. The summed E-state index contributed by atoms with van der Waals surface area (Å²) in [5.41, 5.74) is 1.16. The molecule has 1 rings (SSSR count). The molecule has 0 spiro atoms. The van der Waals surface area contributed by atoms with Crippen molar-refractivity contribution in [1.29, 1.82) is 0 Å². The molecule has 0 aliphatic heterocycles. The van der Waals surface area contributed by atoms with Gasteiger partial charge in [-0.15, -0.1) is 24.0 Å². The standard InChI is InChI=1S/C19H32N4O2.HI/c1-7-15(3)21-19(20-13-18(24)22(4)5)23(6)14-16-9-11-17(12-10-16)25-8-2;/h9-12,15H,7-8,13-14H2,1-6H3,(H,20,21);1H. The Morgan fingerprint density at radius 3 is 2.31 bits per heavy atom. The van der Waals surface area contributed by atoms with Gasteiger partial charge in [0.1, 0.15) is 12.3 Å². The van der Waals surface area contributed by atoms with Crippen molar-refractivity contribution in [1.82, 2.24) is 15.1 Å². The summed E-state index contributed by atoms with van der Waals surface area (Å²) in [5.74, 6) is 1.59. The number of nitrogens with one attached hydrogen (secondary N) is 1. The average molecular weight is 476 g/mol. The van der Waals surface area contributed by atoms with Crippen LogP contribution in [0.2, 0.25) is 0 Å². The molecule has 148 valence electrons. The first-order valence-electron chi connectivity index (χ1n) is 8.81. The van der Waals surface area contributed by atoms with E-state index in [4.69, 9.17) is 4.74 Å². The van der Waals surface area contributed by atoms with Crippen LogP contribution in [-0.2, 0) is 11.3 Å². The summed E-state index contributed by atoms with van der Waals surface area (Å²) in [5, 5.41) is 3.39. The SMILES string of the molecule is CCOc1ccc(CN(C)C(=NCC(=O)N(C)C)NC(C)CC)cc1.I. The molecule has 0 saturated heterocycles. The van der Waals surface area contributed by atoms with Crippen LogP contribution < -0.4 is 10.1 Å². The number of hydrogen-bond donors (Lipinski definition) is 1. The minimum atomic E-state index is -0.0158. The third-order valence-corrected chi connectivity index (χ3v) is 3.87. The molecule has 0 heterocycles. The number of amides is 1. The van der Waals surface area contributed by atoms with Crippen molar-refractivity contribution in [2.75, 3.05) is 34.3 Å². The Balaban J connectivity index is 0.00000625. The van der Waals surface area contributed by atoms with Crippen molar-refractivity contribution in [3.8, 4) is 5.75 Å². The monoisotopic (exact) mass is 476 g/mol. The van der Waals surface area contributed by atoms with Gasteiger partial charge < -0.3 is 19.9 Å². The largest absolute Gasteiger partial charge is 0.494 e. The number of carbonyl (C=O) groups is 1. The number of nitrogens with zero attached hydrogens (tertiary/aromatic N) is 3. The second-order valence-electron chi connectivity index (χ2n) is 6.31. The van der Waals surface area contributed by atoms with E-state index < -0.39 is 0 Å². The molecule has 7 heteroatoms. The van der Waals surface area contributed by atoms with Crippen LogP contribution in [0.5, 0.6) is 5.75 Å². The van der Waals surface area contributed by atoms with E-state index in [1.165, 1.54) is 0 Å². The summed E-state index contributed by atoms with van der Waals surface area (Å²) in [6.45, 7) is 7.69. The van der Waals surface area contributed by atoms with Crippen molar-refractivity contribution in [2.45, 2.75) is 39.8 Å². The Bertz CT molecular complexity index is 561. The van der Waals surface area contributed by atoms with E-state index in [-0.39, 0.29) is 42.5 Å². The Labute approximate surface area is 175 Å². The second kappa shape index (κ2) is 12.8. The van der Waals surface area contributed by atoms with Gasteiger partial charge in [0.05, 0.1) is 6.61 Å². The maximum atomic E-state index is 11.8. The fourth-order valence-corrected chi connectivity index (χ4v) is 2.09. The maximum Gasteiger partial charge on any atom is 0.243 e. The van der Waals surface area contributed by atoms with Gasteiger partial charge in [-0.25, -0.2) is 4.99 Å². The topological polar surface area (TPSA) is 57.2 Å². The highest BCUT2D eigenvalue weighted by molar-refractivity contribution is 14.0. The molecule has 0 aliphatic carbocycles. The Kier molecular flexibility index (Phi) is 12.0. The average Bonchev–Trinajstić information content (AvgIpc) is 2.59. The van der Waals surface area contributed by atoms with E-state index in [0.29, 0.717) is 13.2 Å². The molecule has 1 aromatic carbocycles. The minimum absolute atomic E-state index is 0. The van der Waals surface area contributed by atoms with Crippen molar-refractivity contribution < 1.29 is 9.53 Å². The quantitative estimate of drug-likeness (QED) is 0.356. The van der Waals surface area contributed by atoms with Crippen LogP contribution in [0, 0.1) is 0 Å². The molecule has 26 heavy (non-hydrogen) atoms. The summed E-state index contributed by atoms with van der Waals surface area (Å²) in [6.07, 6.45) is 0.984. The molecule has 0 aliphatic rings. The highest BCUT2D eigenvalue weighted by atomic mass is 127. The number of halogens is 1.